The van der Waals surface area contributed by atoms with Gasteiger partial charge in [0.2, 0.25) is 5.91 Å². The molecule has 5 nitrogen and oxygen atoms in total. The number of carboxylic acid groups (broad SMARTS) is 1. The van der Waals surface area contributed by atoms with Gasteiger partial charge in [-0.15, -0.1) is 0 Å². The Bertz CT molecular complexity index is 598. The Morgan fingerprint density at radius 2 is 2.05 bits per heavy atom. The number of ether oxygens (including phenoxy) is 1. The Morgan fingerprint density at radius 1 is 1.33 bits per heavy atom. The van der Waals surface area contributed by atoms with Gasteiger partial charge in [-0.25, -0.2) is 0 Å². The highest BCUT2D eigenvalue weighted by Gasteiger charge is 2.59. The van der Waals surface area contributed by atoms with E-state index >= 15 is 0 Å². The van der Waals surface area contributed by atoms with Gasteiger partial charge in [0, 0.05) is 6.54 Å². The molecule has 2 aliphatic rings. The SMILES string of the molecule is CC12C=CC(O1)C(C(=O)O)C2C(=O)NCc1ccccc1. The number of nitrogens with one attached hydrogen (secondary N) is 1. The van der Waals surface area contributed by atoms with Gasteiger partial charge in [-0.1, -0.05) is 42.5 Å². The summed E-state index contributed by atoms with van der Waals surface area (Å²) < 4.78 is 5.67. The van der Waals surface area contributed by atoms with Gasteiger partial charge in [0.25, 0.3) is 0 Å². The van der Waals surface area contributed by atoms with Gasteiger partial charge in [-0.05, 0) is 12.5 Å². The molecule has 0 radical (unpaired) electrons. The molecule has 2 bridgehead atoms. The van der Waals surface area contributed by atoms with E-state index in [1.165, 1.54) is 0 Å². The second kappa shape index (κ2) is 5.00. The quantitative estimate of drug-likeness (QED) is 0.820. The van der Waals surface area contributed by atoms with E-state index in [2.05, 4.69) is 5.32 Å². The lowest BCUT2D eigenvalue weighted by Gasteiger charge is -2.27. The van der Waals surface area contributed by atoms with Gasteiger partial charge in [0.1, 0.15) is 5.92 Å². The van der Waals surface area contributed by atoms with Crippen molar-refractivity contribution < 1.29 is 19.4 Å². The lowest BCUT2D eigenvalue weighted by Crippen LogP contribution is -2.46. The Kier molecular flexibility index (Phi) is 3.29. The van der Waals surface area contributed by atoms with Crippen LogP contribution in [0.5, 0.6) is 0 Å². The Hall–Kier alpha value is -2.14. The maximum absolute atomic E-state index is 12.4. The van der Waals surface area contributed by atoms with Crippen LogP contribution < -0.4 is 5.32 Å². The molecule has 2 N–H and O–H groups in total. The molecule has 2 aliphatic heterocycles. The molecule has 21 heavy (non-hydrogen) atoms. The van der Waals surface area contributed by atoms with Crippen molar-refractivity contribution in [2.24, 2.45) is 11.8 Å². The predicted octanol–water partition coefficient (Wildman–Crippen LogP) is 1.35. The summed E-state index contributed by atoms with van der Waals surface area (Å²) in [5, 5.41) is 12.2. The predicted molar refractivity (Wildman–Crippen MR) is 75.3 cm³/mol. The van der Waals surface area contributed by atoms with Crippen molar-refractivity contribution in [2.75, 3.05) is 0 Å². The lowest BCUT2D eigenvalue weighted by atomic mass is 9.75. The average molecular weight is 287 g/mol. The highest BCUT2D eigenvalue weighted by Crippen LogP contribution is 2.47. The van der Waals surface area contributed by atoms with Crippen LogP contribution in [0.3, 0.4) is 0 Å². The summed E-state index contributed by atoms with van der Waals surface area (Å²) in [5.41, 5.74) is 0.150. The van der Waals surface area contributed by atoms with Crippen molar-refractivity contribution in [2.45, 2.75) is 25.2 Å². The smallest absolute Gasteiger partial charge is 0.310 e. The number of hydrogen-bond acceptors (Lipinski definition) is 3. The number of carboxylic acids is 1. The fraction of sp³-hybridized carbons (Fsp3) is 0.375. The second-order valence-electron chi connectivity index (χ2n) is 5.67. The number of rotatable bonds is 4. The summed E-state index contributed by atoms with van der Waals surface area (Å²) in [7, 11) is 0. The van der Waals surface area contributed by atoms with Gasteiger partial charge < -0.3 is 15.2 Å². The van der Waals surface area contributed by atoms with Gasteiger partial charge in [0.05, 0.1) is 17.6 Å². The van der Waals surface area contributed by atoms with Crippen molar-refractivity contribution >= 4 is 11.9 Å². The summed E-state index contributed by atoms with van der Waals surface area (Å²) >= 11 is 0. The molecule has 0 aliphatic carbocycles. The van der Waals surface area contributed by atoms with Crippen molar-refractivity contribution in [1.82, 2.24) is 5.32 Å². The standard InChI is InChI=1S/C16H17NO4/c1-16-8-7-11(21-16)12(15(19)20)13(16)14(18)17-9-10-5-3-2-4-6-10/h2-8,11-13H,9H2,1H3,(H,17,18)(H,19,20). The first-order valence-electron chi connectivity index (χ1n) is 6.93. The van der Waals surface area contributed by atoms with E-state index in [0.717, 1.165) is 5.56 Å². The van der Waals surface area contributed by atoms with E-state index in [1.807, 2.05) is 30.3 Å². The van der Waals surface area contributed by atoms with E-state index < -0.39 is 29.5 Å². The van der Waals surface area contributed by atoms with E-state index in [-0.39, 0.29) is 5.91 Å². The molecular weight excluding hydrogens is 270 g/mol. The van der Waals surface area contributed by atoms with E-state index in [9.17, 15) is 14.7 Å². The van der Waals surface area contributed by atoms with Crippen LogP contribution in [0.15, 0.2) is 42.5 Å². The number of carbonyl (C=O) groups is 2. The van der Waals surface area contributed by atoms with Gasteiger partial charge in [0.15, 0.2) is 0 Å². The van der Waals surface area contributed by atoms with Crippen LogP contribution in [-0.4, -0.2) is 28.7 Å². The summed E-state index contributed by atoms with van der Waals surface area (Å²) in [6, 6.07) is 9.52. The van der Waals surface area contributed by atoms with Crippen LogP contribution in [-0.2, 0) is 20.9 Å². The molecular formula is C16H17NO4. The molecule has 1 amide bonds. The van der Waals surface area contributed by atoms with Crippen LogP contribution in [0, 0.1) is 11.8 Å². The molecule has 110 valence electrons. The maximum Gasteiger partial charge on any atom is 0.310 e. The van der Waals surface area contributed by atoms with Gasteiger partial charge in [-0.3, -0.25) is 9.59 Å². The summed E-state index contributed by atoms with van der Waals surface area (Å²) in [4.78, 5) is 23.9. The Morgan fingerprint density at radius 3 is 2.71 bits per heavy atom. The number of benzene rings is 1. The first-order chi connectivity index (χ1) is 10.0. The maximum atomic E-state index is 12.4. The molecule has 1 saturated heterocycles. The van der Waals surface area contributed by atoms with Crippen LogP contribution >= 0.6 is 0 Å². The number of carbonyl (C=O) groups excluding carboxylic acids is 1. The molecule has 1 fully saturated rings. The number of amides is 1. The minimum Gasteiger partial charge on any atom is -0.481 e. The van der Waals surface area contributed by atoms with Gasteiger partial charge >= 0.3 is 5.97 Å². The molecule has 1 aromatic carbocycles. The topological polar surface area (TPSA) is 75.6 Å². The largest absolute Gasteiger partial charge is 0.481 e. The van der Waals surface area contributed by atoms with Crippen molar-refractivity contribution in [3.8, 4) is 0 Å². The molecule has 0 aromatic heterocycles. The summed E-state index contributed by atoms with van der Waals surface area (Å²) in [6.07, 6.45) is 3.02. The molecule has 1 aromatic rings. The van der Waals surface area contributed by atoms with Crippen LogP contribution in [0.4, 0.5) is 0 Å². The first kappa shape index (κ1) is 13.8. The number of fused-ring (bicyclic) bond motifs is 2. The zero-order valence-electron chi connectivity index (χ0n) is 11.7. The highest BCUT2D eigenvalue weighted by molar-refractivity contribution is 5.88. The molecule has 2 heterocycles. The first-order valence-corrected chi connectivity index (χ1v) is 6.93. The summed E-state index contributed by atoms with van der Waals surface area (Å²) in [5.74, 6) is -2.79. The fourth-order valence-corrected chi connectivity index (χ4v) is 3.18. The monoisotopic (exact) mass is 287 g/mol. The third kappa shape index (κ3) is 2.34. The third-order valence-electron chi connectivity index (χ3n) is 4.21. The summed E-state index contributed by atoms with van der Waals surface area (Å²) in [6.45, 7) is 2.15. The highest BCUT2D eigenvalue weighted by atomic mass is 16.5. The van der Waals surface area contributed by atoms with Crippen molar-refractivity contribution in [1.29, 1.82) is 0 Å². The van der Waals surface area contributed by atoms with E-state index in [1.54, 1.807) is 19.1 Å². The number of hydrogen-bond donors (Lipinski definition) is 2. The van der Waals surface area contributed by atoms with Crippen LogP contribution in [0.2, 0.25) is 0 Å². The van der Waals surface area contributed by atoms with E-state index in [0.29, 0.717) is 6.54 Å². The third-order valence-corrected chi connectivity index (χ3v) is 4.21. The molecule has 4 atom stereocenters. The second-order valence-corrected chi connectivity index (χ2v) is 5.67. The van der Waals surface area contributed by atoms with Crippen LogP contribution in [0.1, 0.15) is 12.5 Å². The van der Waals surface area contributed by atoms with Crippen LogP contribution in [0.25, 0.3) is 0 Å². The zero-order chi connectivity index (χ0) is 15.0. The Labute approximate surface area is 122 Å². The van der Waals surface area contributed by atoms with Gasteiger partial charge in [-0.2, -0.15) is 0 Å². The minimum atomic E-state index is -0.993. The average Bonchev–Trinajstić information content (AvgIpc) is 2.99. The normalized spacial score (nSPS) is 33.1. The Balaban J connectivity index is 1.74. The fourth-order valence-electron chi connectivity index (χ4n) is 3.18. The molecule has 4 unspecified atom stereocenters. The molecule has 3 rings (SSSR count). The van der Waals surface area contributed by atoms with Crippen molar-refractivity contribution in [3.05, 3.63) is 48.0 Å². The zero-order valence-corrected chi connectivity index (χ0v) is 11.7. The minimum absolute atomic E-state index is 0.277. The molecule has 0 spiro atoms. The van der Waals surface area contributed by atoms with E-state index in [4.69, 9.17) is 4.74 Å². The molecule has 5 heteroatoms. The van der Waals surface area contributed by atoms with Crippen molar-refractivity contribution in [3.63, 3.8) is 0 Å². The number of aliphatic carboxylic acids is 1. The lowest BCUT2D eigenvalue weighted by molar-refractivity contribution is -0.147. The molecule has 0 saturated carbocycles.